The fourth-order valence-electron chi connectivity index (χ4n) is 2.12. The van der Waals surface area contributed by atoms with E-state index in [-0.39, 0.29) is 30.1 Å². The Labute approximate surface area is 144 Å². The fourth-order valence-corrected chi connectivity index (χ4v) is 2.12. The summed E-state index contributed by atoms with van der Waals surface area (Å²) < 4.78 is 5.61. The molecule has 1 saturated carbocycles. The maximum absolute atomic E-state index is 5.86. The number of rotatable bonds is 6. The van der Waals surface area contributed by atoms with Crippen molar-refractivity contribution in [3.05, 3.63) is 29.8 Å². The summed E-state index contributed by atoms with van der Waals surface area (Å²) in [6.07, 6.45) is 4.19. The van der Waals surface area contributed by atoms with Crippen LogP contribution in [-0.4, -0.2) is 18.6 Å². The van der Waals surface area contributed by atoms with Gasteiger partial charge in [0, 0.05) is 6.54 Å². The molecule has 0 spiro atoms. The molecular weight excluding hydrogens is 377 g/mol. The van der Waals surface area contributed by atoms with Gasteiger partial charge in [0.05, 0.1) is 12.6 Å². The largest absolute Gasteiger partial charge is 0.491 e. The number of aliphatic imine (C=N–C) groups is 1. The molecular formula is C16H26IN3O. The Morgan fingerprint density at radius 3 is 2.52 bits per heavy atom. The fraction of sp³-hybridized carbons (Fsp3) is 0.562. The molecule has 0 heterocycles. The second-order valence-corrected chi connectivity index (χ2v) is 5.69. The van der Waals surface area contributed by atoms with Crippen LogP contribution in [0.15, 0.2) is 29.3 Å². The average Bonchev–Trinajstić information content (AvgIpc) is 2.35. The van der Waals surface area contributed by atoms with Crippen molar-refractivity contribution in [3.63, 3.8) is 0 Å². The predicted molar refractivity (Wildman–Crippen MR) is 98.3 cm³/mol. The summed E-state index contributed by atoms with van der Waals surface area (Å²) in [5.41, 5.74) is 6.99. The third kappa shape index (κ3) is 6.54. The molecule has 2 rings (SSSR count). The molecule has 0 atom stereocenters. The van der Waals surface area contributed by atoms with Gasteiger partial charge in [-0.3, -0.25) is 0 Å². The Hall–Kier alpha value is -0.980. The molecule has 5 heteroatoms. The Morgan fingerprint density at radius 1 is 1.33 bits per heavy atom. The van der Waals surface area contributed by atoms with Crippen molar-refractivity contribution >= 4 is 29.9 Å². The molecule has 118 valence electrons. The Morgan fingerprint density at radius 2 is 2.00 bits per heavy atom. The number of nitrogens with two attached hydrogens (primary N) is 1. The van der Waals surface area contributed by atoms with Gasteiger partial charge < -0.3 is 15.8 Å². The molecule has 0 aliphatic heterocycles. The Bertz CT molecular complexity index is 441. The first-order valence-electron chi connectivity index (χ1n) is 7.43. The monoisotopic (exact) mass is 403 g/mol. The summed E-state index contributed by atoms with van der Waals surface area (Å²) in [7, 11) is 0. The first-order chi connectivity index (χ1) is 9.63. The molecule has 1 aliphatic rings. The number of hydrogen-bond donors (Lipinski definition) is 2. The summed E-state index contributed by atoms with van der Waals surface area (Å²) in [4.78, 5) is 4.36. The van der Waals surface area contributed by atoms with E-state index in [2.05, 4.69) is 10.3 Å². The van der Waals surface area contributed by atoms with Crippen molar-refractivity contribution in [1.82, 2.24) is 5.32 Å². The summed E-state index contributed by atoms with van der Waals surface area (Å²) >= 11 is 0. The number of halogens is 1. The van der Waals surface area contributed by atoms with Gasteiger partial charge in [-0.2, -0.15) is 0 Å². The van der Waals surface area contributed by atoms with Crippen LogP contribution in [0.3, 0.4) is 0 Å². The highest BCUT2D eigenvalue weighted by Gasteiger charge is 2.16. The highest BCUT2D eigenvalue weighted by atomic mass is 127. The number of hydrogen-bond acceptors (Lipinski definition) is 2. The lowest BCUT2D eigenvalue weighted by Crippen LogP contribution is -2.37. The van der Waals surface area contributed by atoms with E-state index in [4.69, 9.17) is 10.5 Å². The quantitative estimate of drug-likeness (QED) is 0.435. The van der Waals surface area contributed by atoms with Crippen LogP contribution in [0, 0.1) is 5.92 Å². The molecule has 0 aromatic heterocycles. The summed E-state index contributed by atoms with van der Waals surface area (Å²) in [5.74, 6) is 2.22. The van der Waals surface area contributed by atoms with Crippen molar-refractivity contribution < 1.29 is 4.74 Å². The average molecular weight is 403 g/mol. The standard InChI is InChI=1S/C16H25N3O.HI/c1-12(2)20-15-8-6-14(7-9-15)11-19-16(17)18-10-13-4-3-5-13;/h6-9,12-13H,3-5,10-11H2,1-2H3,(H3,17,18,19);1H. The van der Waals surface area contributed by atoms with Crippen LogP contribution in [0.4, 0.5) is 0 Å². The topological polar surface area (TPSA) is 59.6 Å². The van der Waals surface area contributed by atoms with Crippen LogP contribution in [0.5, 0.6) is 5.75 Å². The van der Waals surface area contributed by atoms with Gasteiger partial charge in [-0.15, -0.1) is 24.0 Å². The molecule has 1 aromatic rings. The molecule has 0 radical (unpaired) electrons. The minimum atomic E-state index is 0. The van der Waals surface area contributed by atoms with E-state index in [1.54, 1.807) is 0 Å². The van der Waals surface area contributed by atoms with E-state index < -0.39 is 0 Å². The smallest absolute Gasteiger partial charge is 0.188 e. The van der Waals surface area contributed by atoms with E-state index >= 15 is 0 Å². The van der Waals surface area contributed by atoms with Gasteiger partial charge in [0.2, 0.25) is 0 Å². The van der Waals surface area contributed by atoms with Gasteiger partial charge in [0.1, 0.15) is 5.75 Å². The third-order valence-corrected chi connectivity index (χ3v) is 3.52. The summed E-state index contributed by atoms with van der Waals surface area (Å²) in [5, 5.41) is 3.20. The molecule has 3 N–H and O–H groups in total. The molecule has 1 fully saturated rings. The molecule has 1 aliphatic carbocycles. The Kier molecular flexibility index (Phi) is 7.85. The number of ether oxygens (including phenoxy) is 1. The number of nitrogens with one attached hydrogen (secondary N) is 1. The van der Waals surface area contributed by atoms with E-state index in [1.165, 1.54) is 19.3 Å². The molecule has 1 aromatic carbocycles. The minimum Gasteiger partial charge on any atom is -0.491 e. The number of benzene rings is 1. The van der Waals surface area contributed by atoms with Gasteiger partial charge >= 0.3 is 0 Å². The van der Waals surface area contributed by atoms with E-state index in [9.17, 15) is 0 Å². The van der Waals surface area contributed by atoms with Gasteiger partial charge in [0.15, 0.2) is 5.96 Å². The van der Waals surface area contributed by atoms with Crippen molar-refractivity contribution in [2.45, 2.75) is 45.8 Å². The second-order valence-electron chi connectivity index (χ2n) is 5.69. The zero-order valence-electron chi connectivity index (χ0n) is 12.8. The molecule has 0 amide bonds. The van der Waals surface area contributed by atoms with Crippen LogP contribution < -0.4 is 15.8 Å². The van der Waals surface area contributed by atoms with Gasteiger partial charge in [0.25, 0.3) is 0 Å². The molecule has 0 unspecified atom stereocenters. The lowest BCUT2D eigenvalue weighted by molar-refractivity contribution is 0.242. The van der Waals surface area contributed by atoms with E-state index in [0.717, 1.165) is 23.8 Å². The molecule has 21 heavy (non-hydrogen) atoms. The lowest BCUT2D eigenvalue weighted by Gasteiger charge is -2.25. The second kappa shape index (κ2) is 9.12. The maximum atomic E-state index is 5.86. The van der Waals surface area contributed by atoms with Gasteiger partial charge in [-0.1, -0.05) is 18.6 Å². The SMILES string of the molecule is CC(C)Oc1ccc(CN=C(N)NCC2CCC2)cc1.I. The van der Waals surface area contributed by atoms with Crippen molar-refractivity contribution in [3.8, 4) is 5.75 Å². The lowest BCUT2D eigenvalue weighted by atomic mass is 9.85. The Balaban J connectivity index is 0.00000220. The maximum Gasteiger partial charge on any atom is 0.188 e. The van der Waals surface area contributed by atoms with E-state index in [0.29, 0.717) is 12.5 Å². The van der Waals surface area contributed by atoms with Crippen LogP contribution in [0.1, 0.15) is 38.7 Å². The first kappa shape index (κ1) is 18.1. The van der Waals surface area contributed by atoms with Gasteiger partial charge in [-0.25, -0.2) is 4.99 Å². The highest BCUT2D eigenvalue weighted by molar-refractivity contribution is 14.0. The molecule has 0 bridgehead atoms. The van der Waals surface area contributed by atoms with Crippen LogP contribution in [-0.2, 0) is 6.54 Å². The summed E-state index contributed by atoms with van der Waals surface area (Å²) in [6.45, 7) is 5.60. The van der Waals surface area contributed by atoms with Crippen molar-refractivity contribution in [2.24, 2.45) is 16.6 Å². The first-order valence-corrected chi connectivity index (χ1v) is 7.43. The third-order valence-electron chi connectivity index (χ3n) is 3.52. The predicted octanol–water partition coefficient (Wildman–Crippen LogP) is 3.30. The van der Waals surface area contributed by atoms with Crippen molar-refractivity contribution in [2.75, 3.05) is 6.54 Å². The zero-order valence-corrected chi connectivity index (χ0v) is 15.2. The number of nitrogens with zero attached hydrogens (tertiary/aromatic N) is 1. The van der Waals surface area contributed by atoms with Gasteiger partial charge in [-0.05, 0) is 50.3 Å². The highest BCUT2D eigenvalue weighted by Crippen LogP contribution is 2.25. The zero-order chi connectivity index (χ0) is 14.4. The molecule has 0 saturated heterocycles. The summed E-state index contributed by atoms with van der Waals surface area (Å²) in [6, 6.07) is 8.01. The number of guanidine groups is 1. The van der Waals surface area contributed by atoms with E-state index in [1.807, 2.05) is 38.1 Å². The minimum absolute atomic E-state index is 0. The van der Waals surface area contributed by atoms with Crippen molar-refractivity contribution in [1.29, 1.82) is 0 Å². The van der Waals surface area contributed by atoms with Crippen LogP contribution in [0.2, 0.25) is 0 Å². The normalized spacial score (nSPS) is 15.3. The molecule has 4 nitrogen and oxygen atoms in total. The van der Waals surface area contributed by atoms with Crippen LogP contribution >= 0.6 is 24.0 Å². The van der Waals surface area contributed by atoms with Crippen LogP contribution in [0.25, 0.3) is 0 Å².